The minimum atomic E-state index is -1.10. The quantitative estimate of drug-likeness (QED) is 0.223. The average Bonchev–Trinajstić information content (AvgIpc) is 3.16. The lowest BCUT2D eigenvalue weighted by Crippen LogP contribution is -2.48. The summed E-state index contributed by atoms with van der Waals surface area (Å²) in [6, 6.07) is 17.2. The molecule has 11 heteroatoms. The molecule has 2 amide bonds. The van der Waals surface area contributed by atoms with E-state index in [1.54, 1.807) is 13.8 Å². The SMILES string of the molecule is CC1(C)OC(=O)NC1C(=O)OC(COC(CN)C(Cc1ccccc1)OC(N)=O)CC(N)c1ccccc1. The number of carbonyl (C=O) groups excluding carboxylic acids is 3. The van der Waals surface area contributed by atoms with Gasteiger partial charge >= 0.3 is 18.2 Å². The van der Waals surface area contributed by atoms with Crippen molar-refractivity contribution >= 4 is 18.2 Å². The van der Waals surface area contributed by atoms with Crippen molar-refractivity contribution in [1.82, 2.24) is 5.32 Å². The minimum absolute atomic E-state index is 0.00966. The lowest BCUT2D eigenvalue weighted by Gasteiger charge is -2.30. The Bertz CT molecular complexity index is 1070. The zero-order chi connectivity index (χ0) is 27.7. The van der Waals surface area contributed by atoms with Crippen LogP contribution in [0.15, 0.2) is 60.7 Å². The van der Waals surface area contributed by atoms with Crippen LogP contribution in [-0.2, 0) is 30.2 Å². The van der Waals surface area contributed by atoms with Crippen molar-refractivity contribution in [3.8, 4) is 0 Å². The predicted octanol–water partition coefficient (Wildman–Crippen LogP) is 1.93. The molecule has 1 heterocycles. The molecule has 11 nitrogen and oxygen atoms in total. The van der Waals surface area contributed by atoms with Gasteiger partial charge in [0.05, 0.1) is 6.61 Å². The molecule has 1 saturated heterocycles. The summed E-state index contributed by atoms with van der Waals surface area (Å²) in [5.74, 6) is -0.687. The first-order valence-electron chi connectivity index (χ1n) is 12.4. The molecule has 5 unspecified atom stereocenters. The van der Waals surface area contributed by atoms with Crippen LogP contribution in [-0.4, -0.2) is 61.3 Å². The predicted molar refractivity (Wildman–Crippen MR) is 139 cm³/mol. The smallest absolute Gasteiger partial charge is 0.408 e. The molecule has 2 aromatic carbocycles. The van der Waals surface area contributed by atoms with Crippen molar-refractivity contribution < 1.29 is 33.3 Å². The number of hydrogen-bond donors (Lipinski definition) is 4. The van der Waals surface area contributed by atoms with Crippen LogP contribution < -0.4 is 22.5 Å². The van der Waals surface area contributed by atoms with Crippen molar-refractivity contribution in [2.24, 2.45) is 17.2 Å². The molecule has 1 aliphatic rings. The highest BCUT2D eigenvalue weighted by molar-refractivity contribution is 5.86. The van der Waals surface area contributed by atoms with Crippen LogP contribution in [0.4, 0.5) is 9.59 Å². The fraction of sp³-hybridized carbons (Fsp3) is 0.444. The van der Waals surface area contributed by atoms with Gasteiger partial charge in [-0.2, -0.15) is 0 Å². The fourth-order valence-electron chi connectivity index (χ4n) is 4.27. The molecule has 38 heavy (non-hydrogen) atoms. The van der Waals surface area contributed by atoms with E-state index in [1.165, 1.54) is 0 Å². The molecule has 0 saturated carbocycles. The summed E-state index contributed by atoms with van der Waals surface area (Å²) >= 11 is 0. The van der Waals surface area contributed by atoms with Crippen molar-refractivity contribution in [2.75, 3.05) is 13.2 Å². The number of benzene rings is 2. The average molecular weight is 529 g/mol. The highest BCUT2D eigenvalue weighted by Crippen LogP contribution is 2.25. The zero-order valence-corrected chi connectivity index (χ0v) is 21.6. The Hall–Kier alpha value is -3.67. The van der Waals surface area contributed by atoms with Gasteiger partial charge in [0.1, 0.15) is 23.9 Å². The van der Waals surface area contributed by atoms with Gasteiger partial charge in [-0.1, -0.05) is 60.7 Å². The van der Waals surface area contributed by atoms with Crippen LogP contribution in [0.1, 0.15) is 37.4 Å². The topological polar surface area (TPSA) is 178 Å². The molecule has 3 rings (SSSR count). The van der Waals surface area contributed by atoms with Crippen LogP contribution in [0.5, 0.6) is 0 Å². The van der Waals surface area contributed by atoms with E-state index >= 15 is 0 Å². The van der Waals surface area contributed by atoms with Gasteiger partial charge < -0.3 is 41.5 Å². The van der Waals surface area contributed by atoms with Gasteiger partial charge in [0, 0.05) is 25.4 Å². The number of ether oxygens (including phenoxy) is 4. The minimum Gasteiger partial charge on any atom is -0.458 e. The van der Waals surface area contributed by atoms with Gasteiger partial charge in [0.2, 0.25) is 0 Å². The molecule has 0 radical (unpaired) electrons. The van der Waals surface area contributed by atoms with E-state index in [2.05, 4.69) is 5.32 Å². The molecule has 5 atom stereocenters. The summed E-state index contributed by atoms with van der Waals surface area (Å²) in [5, 5.41) is 2.48. The zero-order valence-electron chi connectivity index (χ0n) is 21.6. The van der Waals surface area contributed by atoms with Crippen molar-refractivity contribution in [3.05, 3.63) is 71.8 Å². The van der Waals surface area contributed by atoms with Crippen LogP contribution in [0.25, 0.3) is 0 Å². The molecule has 2 aromatic rings. The number of cyclic esters (lactones) is 1. The lowest BCUT2D eigenvalue weighted by atomic mass is 9.99. The van der Waals surface area contributed by atoms with Crippen LogP contribution in [0.2, 0.25) is 0 Å². The first-order chi connectivity index (χ1) is 18.1. The molecule has 0 spiro atoms. The summed E-state index contributed by atoms with van der Waals surface area (Å²) < 4.78 is 22.3. The molecular weight excluding hydrogens is 492 g/mol. The summed E-state index contributed by atoms with van der Waals surface area (Å²) in [6.45, 7) is 3.13. The Morgan fingerprint density at radius 1 is 1.03 bits per heavy atom. The van der Waals surface area contributed by atoms with Gasteiger partial charge in [-0.15, -0.1) is 0 Å². The number of esters is 1. The Labute approximate surface area is 221 Å². The van der Waals surface area contributed by atoms with Gasteiger partial charge in [0.15, 0.2) is 6.04 Å². The van der Waals surface area contributed by atoms with E-state index in [4.69, 9.17) is 36.1 Å². The maximum Gasteiger partial charge on any atom is 0.408 e. The van der Waals surface area contributed by atoms with Crippen molar-refractivity contribution in [1.29, 1.82) is 0 Å². The van der Waals surface area contributed by atoms with Crippen molar-refractivity contribution in [3.63, 3.8) is 0 Å². The highest BCUT2D eigenvalue weighted by atomic mass is 16.6. The molecule has 206 valence electrons. The van der Waals surface area contributed by atoms with Crippen LogP contribution in [0.3, 0.4) is 0 Å². The normalized spacial score (nSPS) is 19.4. The lowest BCUT2D eigenvalue weighted by molar-refractivity contribution is -0.160. The highest BCUT2D eigenvalue weighted by Gasteiger charge is 2.47. The van der Waals surface area contributed by atoms with Gasteiger partial charge in [-0.25, -0.2) is 14.4 Å². The Kier molecular flexibility index (Phi) is 10.1. The van der Waals surface area contributed by atoms with E-state index in [0.717, 1.165) is 11.1 Å². The number of rotatable bonds is 13. The number of primary amides is 1. The van der Waals surface area contributed by atoms with Crippen LogP contribution in [0, 0.1) is 0 Å². The monoisotopic (exact) mass is 528 g/mol. The molecule has 7 N–H and O–H groups in total. The Morgan fingerprint density at radius 3 is 2.21 bits per heavy atom. The van der Waals surface area contributed by atoms with Gasteiger partial charge in [0.25, 0.3) is 0 Å². The second-order valence-electron chi connectivity index (χ2n) is 9.65. The summed E-state index contributed by atoms with van der Waals surface area (Å²) in [5.41, 5.74) is 18.3. The molecule has 0 bridgehead atoms. The van der Waals surface area contributed by atoms with E-state index in [0.29, 0.717) is 6.42 Å². The first-order valence-corrected chi connectivity index (χ1v) is 12.4. The van der Waals surface area contributed by atoms with E-state index in [1.807, 2.05) is 60.7 Å². The molecule has 1 fully saturated rings. The summed E-state index contributed by atoms with van der Waals surface area (Å²) in [7, 11) is 0. The number of hydrogen-bond acceptors (Lipinski definition) is 9. The first kappa shape index (κ1) is 28.9. The Morgan fingerprint density at radius 2 is 1.66 bits per heavy atom. The second kappa shape index (κ2) is 13.2. The molecule has 1 aliphatic heterocycles. The number of carbonyl (C=O) groups is 3. The summed E-state index contributed by atoms with van der Waals surface area (Å²) in [6.07, 6.45) is -3.47. The van der Waals surface area contributed by atoms with Crippen molar-refractivity contribution in [2.45, 2.75) is 62.7 Å². The summed E-state index contributed by atoms with van der Waals surface area (Å²) in [4.78, 5) is 36.4. The number of alkyl carbamates (subject to hydrolysis) is 1. The maximum absolute atomic E-state index is 13.0. The fourth-order valence-corrected chi connectivity index (χ4v) is 4.27. The third-order valence-electron chi connectivity index (χ3n) is 6.27. The molecule has 0 aliphatic carbocycles. The molecule has 0 aromatic heterocycles. The Balaban J connectivity index is 1.75. The third kappa shape index (κ3) is 8.17. The third-order valence-corrected chi connectivity index (χ3v) is 6.27. The van der Waals surface area contributed by atoms with E-state index in [9.17, 15) is 14.4 Å². The number of nitrogens with two attached hydrogens (primary N) is 3. The van der Waals surface area contributed by atoms with E-state index in [-0.39, 0.29) is 19.6 Å². The number of amides is 2. The largest absolute Gasteiger partial charge is 0.458 e. The second-order valence-corrected chi connectivity index (χ2v) is 9.65. The van der Waals surface area contributed by atoms with Crippen LogP contribution >= 0.6 is 0 Å². The van der Waals surface area contributed by atoms with Gasteiger partial charge in [-0.3, -0.25) is 0 Å². The molecular formula is C27H36N4O7. The standard InChI is InChI=1S/C27H36N4O7/c1-27(2)23(31-26(34)38-27)24(32)36-19(14-20(29)18-11-7-4-8-12-18)16-35-22(15-28)21(37-25(30)33)13-17-9-5-3-6-10-17/h3-12,19-23H,13-16,28-29H2,1-2H3,(H2,30,33)(H,31,34). The number of nitrogens with one attached hydrogen (secondary N) is 1. The van der Waals surface area contributed by atoms with E-state index < -0.39 is 54.2 Å². The van der Waals surface area contributed by atoms with Gasteiger partial charge in [-0.05, 0) is 25.0 Å². The maximum atomic E-state index is 13.0.